The highest BCUT2D eigenvalue weighted by atomic mass is 19.1. The molecule has 1 rings (SSSR count). The van der Waals surface area contributed by atoms with Gasteiger partial charge in [0.25, 0.3) is 5.91 Å². The fourth-order valence-corrected chi connectivity index (χ4v) is 1.55. The summed E-state index contributed by atoms with van der Waals surface area (Å²) in [5.74, 6) is -0.942. The molecule has 1 amide bonds. The fraction of sp³-hybridized carbons (Fsp3) is 0.308. The lowest BCUT2D eigenvalue weighted by Crippen LogP contribution is -2.34. The molecule has 5 nitrogen and oxygen atoms in total. The molecule has 0 bridgehead atoms. The molecule has 1 aromatic rings. The minimum atomic E-state index is -1.27. The molecule has 0 aromatic heterocycles. The number of carbonyl (C=O) groups excluding carboxylic acids is 1. The number of nitro groups is 1. The predicted octanol–water partition coefficient (Wildman–Crippen LogP) is 2.40. The van der Waals surface area contributed by atoms with Gasteiger partial charge in [0.1, 0.15) is 5.82 Å². The molecule has 0 heterocycles. The van der Waals surface area contributed by atoms with Gasteiger partial charge in [-0.1, -0.05) is 6.92 Å². The van der Waals surface area contributed by atoms with Gasteiger partial charge in [0.05, 0.1) is 16.6 Å². The third-order valence-electron chi connectivity index (χ3n) is 2.67. The van der Waals surface area contributed by atoms with Gasteiger partial charge in [-0.3, -0.25) is 14.9 Å². The van der Waals surface area contributed by atoms with Gasteiger partial charge in [-0.15, -0.1) is 12.3 Å². The van der Waals surface area contributed by atoms with Crippen LogP contribution in [-0.4, -0.2) is 16.9 Å². The van der Waals surface area contributed by atoms with E-state index >= 15 is 0 Å². The second-order valence-electron chi connectivity index (χ2n) is 4.03. The van der Waals surface area contributed by atoms with Gasteiger partial charge in [-0.25, -0.2) is 4.39 Å². The zero-order valence-corrected chi connectivity index (χ0v) is 10.7. The second kappa shape index (κ2) is 6.61. The summed E-state index contributed by atoms with van der Waals surface area (Å²) < 4.78 is 27.0. The normalized spacial score (nSPS) is 11.5. The number of nitrogens with one attached hydrogen (secondary N) is 1. The first-order valence-corrected chi connectivity index (χ1v) is 5.78. The molecule has 0 aliphatic rings. The first-order chi connectivity index (χ1) is 9.40. The molecule has 0 radical (unpaired) electrons. The van der Waals surface area contributed by atoms with Crippen molar-refractivity contribution in [1.29, 1.82) is 0 Å². The predicted molar refractivity (Wildman–Crippen MR) is 68.0 cm³/mol. The topological polar surface area (TPSA) is 72.2 Å². The molecule has 0 spiro atoms. The van der Waals surface area contributed by atoms with E-state index in [1.165, 1.54) is 0 Å². The Balaban J connectivity index is 3.03. The number of carbonyl (C=O) groups is 1. The standard InChI is InChI=1S/C13H12F2N2O3/c1-3-5-8(4-2)16-13(18)9-6-11(15)12(17(19)20)7-10(9)14/h1,6-8H,4-5H2,2H3,(H,16,18). The van der Waals surface area contributed by atoms with Crippen LogP contribution < -0.4 is 5.32 Å². The van der Waals surface area contributed by atoms with Crippen LogP contribution in [0.5, 0.6) is 0 Å². The highest BCUT2D eigenvalue weighted by Crippen LogP contribution is 2.21. The molecule has 1 atom stereocenters. The Kier molecular flexibility index (Phi) is 5.15. The third kappa shape index (κ3) is 3.51. The summed E-state index contributed by atoms with van der Waals surface area (Å²) in [6.45, 7) is 1.77. The number of hydrogen-bond acceptors (Lipinski definition) is 3. The summed E-state index contributed by atoms with van der Waals surface area (Å²) in [4.78, 5) is 21.2. The Hall–Kier alpha value is -2.49. The summed E-state index contributed by atoms with van der Waals surface area (Å²) in [5.41, 5.74) is -1.61. The average molecular weight is 282 g/mol. The van der Waals surface area contributed by atoms with Crippen LogP contribution >= 0.6 is 0 Å². The number of hydrogen-bond donors (Lipinski definition) is 1. The molecule has 1 unspecified atom stereocenters. The van der Waals surface area contributed by atoms with Crippen molar-refractivity contribution in [2.24, 2.45) is 0 Å². The van der Waals surface area contributed by atoms with Gasteiger partial charge in [-0.2, -0.15) is 4.39 Å². The second-order valence-corrected chi connectivity index (χ2v) is 4.03. The van der Waals surface area contributed by atoms with Gasteiger partial charge in [-0.05, 0) is 12.5 Å². The van der Waals surface area contributed by atoms with Gasteiger partial charge in [0.15, 0.2) is 0 Å². The summed E-state index contributed by atoms with van der Waals surface area (Å²) in [7, 11) is 0. The molecule has 0 aliphatic heterocycles. The lowest BCUT2D eigenvalue weighted by Gasteiger charge is -2.14. The molecule has 0 saturated heterocycles. The Morgan fingerprint density at radius 1 is 1.50 bits per heavy atom. The summed E-state index contributed by atoms with van der Waals surface area (Å²) >= 11 is 0. The SMILES string of the molecule is C#CCC(CC)NC(=O)c1cc(F)c([N+](=O)[O-])cc1F. The van der Waals surface area contributed by atoms with Gasteiger partial charge >= 0.3 is 5.69 Å². The van der Waals surface area contributed by atoms with Crippen molar-refractivity contribution in [3.05, 3.63) is 39.4 Å². The van der Waals surface area contributed by atoms with E-state index in [4.69, 9.17) is 6.42 Å². The number of halogens is 2. The molecule has 106 valence electrons. The Bertz CT molecular complexity index is 582. The van der Waals surface area contributed by atoms with Crippen molar-refractivity contribution in [3.63, 3.8) is 0 Å². The molecule has 0 saturated carbocycles. The zero-order chi connectivity index (χ0) is 15.3. The number of nitrogens with zero attached hydrogens (tertiary/aromatic N) is 1. The number of rotatable bonds is 5. The van der Waals surface area contributed by atoms with Gasteiger partial charge < -0.3 is 5.32 Å². The number of amides is 1. The largest absolute Gasteiger partial charge is 0.348 e. The van der Waals surface area contributed by atoms with E-state index in [9.17, 15) is 23.7 Å². The maximum absolute atomic E-state index is 13.6. The summed E-state index contributed by atoms with van der Waals surface area (Å²) in [5, 5.41) is 12.9. The quantitative estimate of drug-likeness (QED) is 0.512. The first-order valence-electron chi connectivity index (χ1n) is 5.78. The van der Waals surface area contributed by atoms with Crippen molar-refractivity contribution in [2.45, 2.75) is 25.8 Å². The third-order valence-corrected chi connectivity index (χ3v) is 2.67. The molecular formula is C13H12F2N2O3. The van der Waals surface area contributed by atoms with Crippen molar-refractivity contribution in [1.82, 2.24) is 5.32 Å². The lowest BCUT2D eigenvalue weighted by molar-refractivity contribution is -0.387. The molecule has 1 aromatic carbocycles. The van der Waals surface area contributed by atoms with Gasteiger partial charge in [0, 0.05) is 12.5 Å². The molecular weight excluding hydrogens is 270 g/mol. The Morgan fingerprint density at radius 2 is 2.15 bits per heavy atom. The molecule has 7 heteroatoms. The van der Waals surface area contributed by atoms with E-state index in [2.05, 4.69) is 11.2 Å². The van der Waals surface area contributed by atoms with E-state index in [1.54, 1.807) is 6.92 Å². The molecule has 20 heavy (non-hydrogen) atoms. The van der Waals surface area contributed by atoms with Crippen LogP contribution in [0.15, 0.2) is 12.1 Å². The summed E-state index contributed by atoms with van der Waals surface area (Å²) in [6.07, 6.45) is 5.89. The highest BCUT2D eigenvalue weighted by Gasteiger charge is 2.23. The fourth-order valence-electron chi connectivity index (χ4n) is 1.55. The smallest absolute Gasteiger partial charge is 0.307 e. The monoisotopic (exact) mass is 282 g/mol. The van der Waals surface area contributed by atoms with E-state index in [0.717, 1.165) is 0 Å². The highest BCUT2D eigenvalue weighted by molar-refractivity contribution is 5.95. The van der Waals surface area contributed by atoms with Crippen molar-refractivity contribution >= 4 is 11.6 Å². The van der Waals surface area contributed by atoms with Crippen LogP contribution in [0, 0.1) is 34.1 Å². The van der Waals surface area contributed by atoms with Crippen LogP contribution in [0.1, 0.15) is 30.1 Å². The minimum absolute atomic E-state index is 0.249. The molecule has 0 aliphatic carbocycles. The maximum atomic E-state index is 13.6. The minimum Gasteiger partial charge on any atom is -0.348 e. The summed E-state index contributed by atoms with van der Waals surface area (Å²) in [6, 6.07) is 0.516. The van der Waals surface area contributed by atoms with Gasteiger partial charge in [0.2, 0.25) is 5.82 Å². The lowest BCUT2D eigenvalue weighted by atomic mass is 10.1. The van der Waals surface area contributed by atoms with E-state index in [0.29, 0.717) is 18.6 Å². The Morgan fingerprint density at radius 3 is 2.65 bits per heavy atom. The molecule has 1 N–H and O–H groups in total. The van der Waals surface area contributed by atoms with Crippen LogP contribution in [0.25, 0.3) is 0 Å². The van der Waals surface area contributed by atoms with E-state index in [1.807, 2.05) is 0 Å². The van der Waals surface area contributed by atoms with Crippen molar-refractivity contribution in [2.75, 3.05) is 0 Å². The average Bonchev–Trinajstić information content (AvgIpc) is 2.39. The maximum Gasteiger partial charge on any atom is 0.307 e. The molecule has 0 fully saturated rings. The van der Waals surface area contributed by atoms with E-state index in [-0.39, 0.29) is 12.5 Å². The number of terminal acetylenes is 1. The first kappa shape index (κ1) is 15.6. The van der Waals surface area contributed by atoms with Crippen LogP contribution in [0.2, 0.25) is 0 Å². The Labute approximate surface area is 114 Å². The van der Waals surface area contributed by atoms with Crippen LogP contribution in [-0.2, 0) is 0 Å². The number of benzene rings is 1. The van der Waals surface area contributed by atoms with Crippen LogP contribution in [0.4, 0.5) is 14.5 Å². The number of nitro benzene ring substituents is 1. The van der Waals surface area contributed by atoms with E-state index < -0.39 is 33.7 Å². The van der Waals surface area contributed by atoms with Crippen molar-refractivity contribution in [3.8, 4) is 12.3 Å². The zero-order valence-electron chi connectivity index (χ0n) is 10.7. The van der Waals surface area contributed by atoms with Crippen molar-refractivity contribution < 1.29 is 18.5 Å². The van der Waals surface area contributed by atoms with Crippen LogP contribution in [0.3, 0.4) is 0 Å².